The molecule has 0 radical (unpaired) electrons. The van der Waals surface area contributed by atoms with E-state index in [2.05, 4.69) is 31.4 Å². The molecule has 0 spiro atoms. The van der Waals surface area contributed by atoms with Gasteiger partial charge in [-0.2, -0.15) is 10.2 Å². The van der Waals surface area contributed by atoms with E-state index < -0.39 is 5.97 Å². The molecule has 0 aliphatic rings. The van der Waals surface area contributed by atoms with E-state index in [-0.39, 0.29) is 18.0 Å². The number of amides is 1. The van der Waals surface area contributed by atoms with Gasteiger partial charge in [-0.1, -0.05) is 28.1 Å². The number of aromatic carboxylic acids is 1. The number of hydrogen-bond acceptors (Lipinski definition) is 4. The van der Waals surface area contributed by atoms with Gasteiger partial charge in [-0.15, -0.1) is 0 Å². The molecule has 9 heteroatoms. The van der Waals surface area contributed by atoms with Crippen molar-refractivity contribution in [2.75, 3.05) is 5.32 Å². The molecule has 134 valence electrons. The minimum atomic E-state index is -1.09. The zero-order valence-electron chi connectivity index (χ0n) is 13.7. The predicted octanol–water partition coefficient (Wildman–Crippen LogP) is 2.62. The number of carbonyl (C=O) groups is 2. The third kappa shape index (κ3) is 4.79. The molecule has 2 heterocycles. The highest BCUT2D eigenvalue weighted by atomic mass is 79.9. The maximum absolute atomic E-state index is 12.0. The van der Waals surface area contributed by atoms with Gasteiger partial charge in [-0.3, -0.25) is 14.2 Å². The van der Waals surface area contributed by atoms with E-state index in [0.717, 1.165) is 10.0 Å². The van der Waals surface area contributed by atoms with Gasteiger partial charge in [0.2, 0.25) is 5.91 Å². The highest BCUT2D eigenvalue weighted by Gasteiger charge is 2.09. The van der Waals surface area contributed by atoms with Crippen LogP contribution in [0, 0.1) is 0 Å². The molecule has 0 fully saturated rings. The van der Waals surface area contributed by atoms with Crippen LogP contribution in [0.25, 0.3) is 0 Å². The van der Waals surface area contributed by atoms with E-state index in [0.29, 0.717) is 18.9 Å². The Labute approximate surface area is 157 Å². The Morgan fingerprint density at radius 3 is 2.46 bits per heavy atom. The van der Waals surface area contributed by atoms with Crippen molar-refractivity contribution in [3.05, 3.63) is 64.5 Å². The lowest BCUT2D eigenvalue weighted by Crippen LogP contribution is -2.15. The molecule has 0 saturated heterocycles. The lowest BCUT2D eigenvalue weighted by molar-refractivity contribution is -0.116. The number of benzene rings is 1. The molecule has 0 unspecified atom stereocenters. The van der Waals surface area contributed by atoms with Crippen LogP contribution in [-0.2, 0) is 17.9 Å². The minimum Gasteiger partial charge on any atom is -0.476 e. The van der Waals surface area contributed by atoms with E-state index in [1.54, 1.807) is 16.9 Å². The van der Waals surface area contributed by atoms with Gasteiger partial charge in [0.15, 0.2) is 11.5 Å². The van der Waals surface area contributed by atoms with Gasteiger partial charge in [0, 0.05) is 35.9 Å². The van der Waals surface area contributed by atoms with Crippen molar-refractivity contribution >= 4 is 33.6 Å². The normalized spacial score (nSPS) is 10.7. The molecule has 1 amide bonds. The first-order valence-corrected chi connectivity index (χ1v) is 8.63. The predicted molar refractivity (Wildman–Crippen MR) is 97.9 cm³/mol. The number of carboxylic acid groups (broad SMARTS) is 1. The number of aromatic nitrogens is 4. The molecule has 3 rings (SSSR count). The van der Waals surface area contributed by atoms with Crippen molar-refractivity contribution in [1.29, 1.82) is 0 Å². The molecule has 26 heavy (non-hydrogen) atoms. The summed E-state index contributed by atoms with van der Waals surface area (Å²) in [5.74, 6) is -0.838. The van der Waals surface area contributed by atoms with E-state index in [4.69, 9.17) is 5.11 Å². The van der Waals surface area contributed by atoms with Crippen LogP contribution in [0.15, 0.2) is 53.3 Å². The number of hydrogen-bond donors (Lipinski definition) is 2. The molecule has 1 aromatic carbocycles. The summed E-state index contributed by atoms with van der Waals surface area (Å²) in [5.41, 5.74) is 1.05. The minimum absolute atomic E-state index is 0.0444. The maximum atomic E-state index is 12.0. The molecule has 8 nitrogen and oxygen atoms in total. The van der Waals surface area contributed by atoms with Gasteiger partial charge >= 0.3 is 5.97 Å². The summed E-state index contributed by atoms with van der Waals surface area (Å²) < 4.78 is 4.18. The van der Waals surface area contributed by atoms with Crippen molar-refractivity contribution in [3.63, 3.8) is 0 Å². The zero-order chi connectivity index (χ0) is 18.5. The standard InChI is InChI=1S/C17H16BrN5O3/c18-13-3-1-12(2-4-13)11-23-9-6-15(21-23)19-16(24)7-10-22-8-5-14(20-22)17(25)26/h1-6,8-9H,7,10-11H2,(H,25,26)(H,19,21,24). The molecule has 0 atom stereocenters. The fourth-order valence-electron chi connectivity index (χ4n) is 2.32. The Morgan fingerprint density at radius 2 is 1.77 bits per heavy atom. The second-order valence-corrected chi connectivity index (χ2v) is 6.51. The van der Waals surface area contributed by atoms with Crippen molar-refractivity contribution in [2.45, 2.75) is 19.5 Å². The molecule has 2 N–H and O–H groups in total. The van der Waals surface area contributed by atoms with Crippen LogP contribution in [0.4, 0.5) is 5.82 Å². The summed E-state index contributed by atoms with van der Waals surface area (Å²) in [6.45, 7) is 0.896. The number of anilines is 1. The number of carboxylic acids is 1. The third-order valence-electron chi connectivity index (χ3n) is 3.59. The van der Waals surface area contributed by atoms with Crippen LogP contribution >= 0.6 is 15.9 Å². The second kappa shape index (κ2) is 7.96. The molecule has 3 aromatic rings. The highest BCUT2D eigenvalue weighted by Crippen LogP contribution is 2.12. The van der Waals surface area contributed by atoms with Gasteiger partial charge in [0.25, 0.3) is 0 Å². The summed E-state index contributed by atoms with van der Waals surface area (Å²) in [5, 5.41) is 19.7. The zero-order valence-corrected chi connectivity index (χ0v) is 15.3. The molecule has 2 aromatic heterocycles. The number of nitrogens with zero attached hydrogens (tertiary/aromatic N) is 4. The number of halogens is 1. The Morgan fingerprint density at radius 1 is 1.04 bits per heavy atom. The lowest BCUT2D eigenvalue weighted by Gasteiger charge is -2.04. The van der Waals surface area contributed by atoms with Gasteiger partial charge in [-0.05, 0) is 23.8 Å². The van der Waals surface area contributed by atoms with Crippen LogP contribution in [0.2, 0.25) is 0 Å². The Bertz CT molecular complexity index is 917. The highest BCUT2D eigenvalue weighted by molar-refractivity contribution is 9.10. The smallest absolute Gasteiger partial charge is 0.356 e. The molecule has 0 aliphatic heterocycles. The van der Waals surface area contributed by atoms with Crippen LogP contribution in [0.5, 0.6) is 0 Å². The van der Waals surface area contributed by atoms with Gasteiger partial charge in [0.05, 0.1) is 6.54 Å². The molecular weight excluding hydrogens is 402 g/mol. The van der Waals surface area contributed by atoms with Crippen molar-refractivity contribution in [3.8, 4) is 0 Å². The molecular formula is C17H16BrN5O3. The van der Waals surface area contributed by atoms with Crippen LogP contribution in [0.1, 0.15) is 22.5 Å². The van der Waals surface area contributed by atoms with E-state index in [1.807, 2.05) is 24.3 Å². The Kier molecular flexibility index (Phi) is 5.47. The summed E-state index contributed by atoms with van der Waals surface area (Å²) in [6, 6.07) is 11.1. The molecule has 0 bridgehead atoms. The van der Waals surface area contributed by atoms with Crippen LogP contribution < -0.4 is 5.32 Å². The number of nitrogens with one attached hydrogen (secondary N) is 1. The van der Waals surface area contributed by atoms with E-state index in [9.17, 15) is 9.59 Å². The Hall–Kier alpha value is -2.94. The summed E-state index contributed by atoms with van der Waals surface area (Å²) in [4.78, 5) is 22.8. The fourth-order valence-corrected chi connectivity index (χ4v) is 2.58. The Balaban J connectivity index is 1.50. The first-order chi connectivity index (χ1) is 12.5. The number of carbonyl (C=O) groups excluding carboxylic acids is 1. The average molecular weight is 418 g/mol. The average Bonchev–Trinajstić information content (AvgIpc) is 3.25. The summed E-state index contributed by atoms with van der Waals surface area (Å²) >= 11 is 3.40. The lowest BCUT2D eigenvalue weighted by atomic mass is 10.2. The van der Waals surface area contributed by atoms with Gasteiger partial charge < -0.3 is 10.4 Å². The first kappa shape index (κ1) is 17.9. The fraction of sp³-hybridized carbons (Fsp3) is 0.176. The van der Waals surface area contributed by atoms with E-state index in [1.165, 1.54) is 16.9 Å². The van der Waals surface area contributed by atoms with Crippen LogP contribution in [0.3, 0.4) is 0 Å². The topological polar surface area (TPSA) is 102 Å². The van der Waals surface area contributed by atoms with Crippen molar-refractivity contribution in [1.82, 2.24) is 19.6 Å². The first-order valence-electron chi connectivity index (χ1n) is 7.84. The van der Waals surface area contributed by atoms with Gasteiger partial charge in [0.1, 0.15) is 0 Å². The summed E-state index contributed by atoms with van der Waals surface area (Å²) in [7, 11) is 0. The van der Waals surface area contributed by atoms with E-state index >= 15 is 0 Å². The quantitative estimate of drug-likeness (QED) is 0.614. The third-order valence-corrected chi connectivity index (χ3v) is 4.12. The van der Waals surface area contributed by atoms with Crippen LogP contribution in [-0.4, -0.2) is 36.5 Å². The number of rotatable bonds is 7. The monoisotopic (exact) mass is 417 g/mol. The maximum Gasteiger partial charge on any atom is 0.356 e. The van der Waals surface area contributed by atoms with Gasteiger partial charge in [-0.25, -0.2) is 4.79 Å². The SMILES string of the molecule is O=C(CCn1ccc(C(=O)O)n1)Nc1ccn(Cc2ccc(Br)cc2)n1. The largest absolute Gasteiger partial charge is 0.476 e. The summed E-state index contributed by atoms with van der Waals surface area (Å²) in [6.07, 6.45) is 3.49. The number of aryl methyl sites for hydroxylation is 1. The molecule has 0 saturated carbocycles. The van der Waals surface area contributed by atoms with Crippen molar-refractivity contribution in [2.24, 2.45) is 0 Å². The van der Waals surface area contributed by atoms with Crippen molar-refractivity contribution < 1.29 is 14.7 Å². The second-order valence-electron chi connectivity index (χ2n) is 5.59. The molecule has 0 aliphatic carbocycles.